The molecule has 5 unspecified atom stereocenters. The van der Waals surface area contributed by atoms with Gasteiger partial charge in [-0.2, -0.15) is 0 Å². The van der Waals surface area contributed by atoms with Gasteiger partial charge < -0.3 is 24.8 Å². The fraction of sp³-hybridized carbons (Fsp3) is 0.542. The van der Waals surface area contributed by atoms with Crippen LogP contribution in [0.2, 0.25) is 0 Å². The van der Waals surface area contributed by atoms with Crippen LogP contribution < -0.4 is 0 Å². The van der Waals surface area contributed by atoms with Gasteiger partial charge in [-0.15, -0.1) is 0 Å². The van der Waals surface area contributed by atoms with E-state index >= 15 is 0 Å². The van der Waals surface area contributed by atoms with Crippen molar-refractivity contribution in [1.29, 1.82) is 0 Å². The molecule has 0 aromatic rings. The van der Waals surface area contributed by atoms with E-state index in [2.05, 4.69) is 26.8 Å². The normalized spacial score (nSPS) is 29.9. The number of carbonyl (C=O) groups is 1. The van der Waals surface area contributed by atoms with Gasteiger partial charge in [-0.3, -0.25) is 4.79 Å². The van der Waals surface area contributed by atoms with Crippen LogP contribution in [-0.2, 0) is 14.3 Å². The predicted octanol–water partition coefficient (Wildman–Crippen LogP) is 2.91. The van der Waals surface area contributed by atoms with Gasteiger partial charge in [-0.25, -0.2) is 0 Å². The standard InChI is InChI=1S/C24H34O6/c1-15(2)8-6-9-16(3)10-7-11-17(4)12-20(26)24-21(27)13-19(14-29-18(5)25)22(28)23(24)30-24/h7-8,10-13,20-23,26-28H,6,9,14H2,1-5H3. The Labute approximate surface area is 178 Å². The summed E-state index contributed by atoms with van der Waals surface area (Å²) in [6, 6.07) is 0. The average molecular weight is 419 g/mol. The number of esters is 1. The van der Waals surface area contributed by atoms with Crippen LogP contribution in [0, 0.1) is 0 Å². The van der Waals surface area contributed by atoms with E-state index < -0.39 is 36.0 Å². The summed E-state index contributed by atoms with van der Waals surface area (Å²) in [7, 11) is 0. The summed E-state index contributed by atoms with van der Waals surface area (Å²) in [5, 5.41) is 31.6. The number of carbonyl (C=O) groups excluding carboxylic acids is 1. The van der Waals surface area contributed by atoms with E-state index in [9.17, 15) is 20.1 Å². The highest BCUT2D eigenvalue weighted by Crippen LogP contribution is 2.50. The van der Waals surface area contributed by atoms with Crippen molar-refractivity contribution in [3.63, 3.8) is 0 Å². The van der Waals surface area contributed by atoms with Crippen LogP contribution in [0.15, 0.2) is 58.7 Å². The van der Waals surface area contributed by atoms with Crippen LogP contribution in [0.1, 0.15) is 47.5 Å². The molecule has 0 saturated carbocycles. The largest absolute Gasteiger partial charge is 0.461 e. The smallest absolute Gasteiger partial charge is 0.302 e. The maximum atomic E-state index is 11.0. The Kier molecular flexibility index (Phi) is 8.38. The molecule has 1 aliphatic heterocycles. The zero-order valence-electron chi connectivity index (χ0n) is 18.5. The molecule has 6 nitrogen and oxygen atoms in total. The van der Waals surface area contributed by atoms with E-state index in [1.54, 1.807) is 6.08 Å². The predicted molar refractivity (Wildman–Crippen MR) is 116 cm³/mol. The van der Waals surface area contributed by atoms with E-state index in [0.29, 0.717) is 5.57 Å². The van der Waals surface area contributed by atoms with E-state index in [1.165, 1.54) is 24.1 Å². The second-order valence-electron chi connectivity index (χ2n) is 8.35. The maximum absolute atomic E-state index is 11.0. The van der Waals surface area contributed by atoms with Crippen LogP contribution in [0.3, 0.4) is 0 Å². The Morgan fingerprint density at radius 2 is 1.97 bits per heavy atom. The third-order valence-corrected chi connectivity index (χ3v) is 5.38. The fourth-order valence-corrected chi connectivity index (χ4v) is 3.56. The minimum absolute atomic E-state index is 0.115. The number of hydrogen-bond donors (Lipinski definition) is 3. The third kappa shape index (κ3) is 6.01. The molecule has 1 fully saturated rings. The number of aliphatic hydroxyl groups excluding tert-OH is 3. The van der Waals surface area contributed by atoms with Gasteiger partial charge in [0, 0.05) is 6.92 Å². The number of epoxide rings is 1. The molecule has 2 rings (SSSR count). The van der Waals surface area contributed by atoms with Crippen molar-refractivity contribution in [2.24, 2.45) is 0 Å². The molecule has 166 valence electrons. The molecular formula is C24H34O6. The van der Waals surface area contributed by atoms with Crippen molar-refractivity contribution < 1.29 is 29.6 Å². The van der Waals surface area contributed by atoms with Crippen LogP contribution >= 0.6 is 0 Å². The highest BCUT2D eigenvalue weighted by atomic mass is 16.6. The van der Waals surface area contributed by atoms with E-state index in [0.717, 1.165) is 18.4 Å². The second-order valence-corrected chi connectivity index (χ2v) is 8.35. The molecule has 1 saturated heterocycles. The zero-order valence-corrected chi connectivity index (χ0v) is 18.5. The molecule has 0 bridgehead atoms. The number of rotatable bonds is 9. The summed E-state index contributed by atoms with van der Waals surface area (Å²) in [4.78, 5) is 11.0. The summed E-state index contributed by atoms with van der Waals surface area (Å²) >= 11 is 0. The molecular weight excluding hydrogens is 384 g/mol. The van der Waals surface area contributed by atoms with Crippen LogP contribution in [0.25, 0.3) is 0 Å². The molecule has 0 amide bonds. The summed E-state index contributed by atoms with van der Waals surface area (Å²) in [5.74, 6) is -0.474. The quantitative estimate of drug-likeness (QED) is 0.230. The first-order valence-corrected chi connectivity index (χ1v) is 10.3. The van der Waals surface area contributed by atoms with Crippen molar-refractivity contribution in [3.8, 4) is 0 Å². The number of hydrogen-bond acceptors (Lipinski definition) is 6. The summed E-state index contributed by atoms with van der Waals surface area (Å²) < 4.78 is 10.5. The van der Waals surface area contributed by atoms with Crippen molar-refractivity contribution in [2.75, 3.05) is 6.61 Å². The van der Waals surface area contributed by atoms with Crippen LogP contribution in [-0.4, -0.2) is 57.9 Å². The van der Waals surface area contributed by atoms with Crippen molar-refractivity contribution >= 4 is 5.97 Å². The van der Waals surface area contributed by atoms with Crippen molar-refractivity contribution in [2.45, 2.75) is 77.5 Å². The second kappa shape index (κ2) is 10.4. The van der Waals surface area contributed by atoms with E-state index in [1.807, 2.05) is 25.2 Å². The van der Waals surface area contributed by atoms with Crippen LogP contribution in [0.4, 0.5) is 0 Å². The molecule has 0 radical (unpaired) electrons. The lowest BCUT2D eigenvalue weighted by atomic mass is 9.81. The fourth-order valence-electron chi connectivity index (χ4n) is 3.56. The molecule has 2 aliphatic rings. The summed E-state index contributed by atoms with van der Waals surface area (Å²) in [6.45, 7) is 9.27. The van der Waals surface area contributed by atoms with Crippen molar-refractivity contribution in [3.05, 3.63) is 58.7 Å². The molecule has 0 aromatic carbocycles. The van der Waals surface area contributed by atoms with Gasteiger partial charge >= 0.3 is 5.97 Å². The molecule has 5 atom stereocenters. The van der Waals surface area contributed by atoms with Gasteiger partial charge in [0.25, 0.3) is 0 Å². The summed E-state index contributed by atoms with van der Waals surface area (Å²) in [6.07, 6.45) is 9.10. The zero-order chi connectivity index (χ0) is 22.5. The average Bonchev–Trinajstić information content (AvgIpc) is 3.41. The molecule has 30 heavy (non-hydrogen) atoms. The van der Waals surface area contributed by atoms with Gasteiger partial charge in [0.1, 0.15) is 31.0 Å². The Hall–Kier alpha value is -1.99. The first-order valence-electron chi connectivity index (χ1n) is 10.3. The van der Waals surface area contributed by atoms with Gasteiger partial charge in [0.05, 0.1) is 0 Å². The Bertz CT molecular complexity index is 784. The van der Waals surface area contributed by atoms with Gasteiger partial charge in [0.15, 0.2) is 5.60 Å². The number of allylic oxidation sites excluding steroid dienone is 7. The molecule has 0 aromatic heterocycles. The topological polar surface area (TPSA) is 99.5 Å². The lowest BCUT2D eigenvalue weighted by molar-refractivity contribution is -0.140. The first kappa shape index (κ1) is 24.3. The lowest BCUT2D eigenvalue weighted by Gasteiger charge is -2.28. The third-order valence-electron chi connectivity index (χ3n) is 5.38. The van der Waals surface area contributed by atoms with Gasteiger partial charge in [-0.1, -0.05) is 47.1 Å². The monoisotopic (exact) mass is 418 g/mol. The van der Waals surface area contributed by atoms with E-state index in [-0.39, 0.29) is 6.61 Å². The van der Waals surface area contributed by atoms with Crippen LogP contribution in [0.5, 0.6) is 0 Å². The first-order chi connectivity index (χ1) is 14.1. The number of aliphatic hydroxyl groups is 3. The Balaban J connectivity index is 1.99. The number of ether oxygens (including phenoxy) is 2. The maximum Gasteiger partial charge on any atom is 0.302 e. The summed E-state index contributed by atoms with van der Waals surface area (Å²) in [5.41, 5.74) is 2.49. The van der Waals surface area contributed by atoms with Gasteiger partial charge in [0.2, 0.25) is 0 Å². The molecule has 3 N–H and O–H groups in total. The number of fused-ring (bicyclic) bond motifs is 1. The minimum atomic E-state index is -1.27. The lowest BCUT2D eigenvalue weighted by Crippen LogP contribution is -2.48. The molecule has 0 spiro atoms. The van der Waals surface area contributed by atoms with Gasteiger partial charge in [-0.05, 0) is 52.2 Å². The molecule has 1 aliphatic carbocycles. The molecule has 1 heterocycles. The highest BCUT2D eigenvalue weighted by Gasteiger charge is 2.69. The molecule has 6 heteroatoms. The Morgan fingerprint density at radius 3 is 2.60 bits per heavy atom. The van der Waals surface area contributed by atoms with E-state index in [4.69, 9.17) is 9.47 Å². The van der Waals surface area contributed by atoms with Crippen molar-refractivity contribution in [1.82, 2.24) is 0 Å². The SMILES string of the molecule is CC(=O)OCC1=CC(O)C2(C(O)C=C(C)C=CC=C(C)CCC=C(C)C)OC2C1O. The minimum Gasteiger partial charge on any atom is -0.461 e. The highest BCUT2D eigenvalue weighted by molar-refractivity contribution is 5.66. The Morgan fingerprint density at radius 1 is 1.27 bits per heavy atom.